The molecular weight excluding hydrogens is 406 g/mol. The Morgan fingerprint density at radius 1 is 1.16 bits per heavy atom. The Kier molecular flexibility index (Phi) is 6.90. The van der Waals surface area contributed by atoms with Crippen LogP contribution in [0.3, 0.4) is 0 Å². The van der Waals surface area contributed by atoms with Crippen LogP contribution >= 0.6 is 0 Å². The Balaban J connectivity index is 1.39. The average Bonchev–Trinajstić information content (AvgIpc) is 3.18. The van der Waals surface area contributed by atoms with Crippen molar-refractivity contribution in [2.45, 2.75) is 44.9 Å². The molecule has 0 bridgehead atoms. The highest BCUT2D eigenvalue weighted by atomic mass is 16.5. The zero-order valence-corrected chi connectivity index (χ0v) is 18.7. The lowest BCUT2D eigenvalue weighted by atomic mass is 10.1. The number of anilines is 2. The number of benzene rings is 1. The number of ether oxygens (including phenoxy) is 1. The topological polar surface area (TPSA) is 86.8 Å². The second-order valence-electron chi connectivity index (χ2n) is 8.57. The highest BCUT2D eigenvalue weighted by Crippen LogP contribution is 2.21. The zero-order chi connectivity index (χ0) is 22.5. The Bertz CT molecular complexity index is 911. The van der Waals surface area contributed by atoms with E-state index in [-0.39, 0.29) is 30.2 Å². The largest absolute Gasteiger partial charge is 0.372 e. The number of likely N-dealkylation sites (tertiary alicyclic amines) is 1. The number of pyridine rings is 1. The molecule has 3 heterocycles. The smallest absolute Gasteiger partial charge is 0.319 e. The van der Waals surface area contributed by atoms with Gasteiger partial charge in [0.1, 0.15) is 5.82 Å². The standard InChI is InChI=1S/C24H31N5O3/c1-17-14-29(15-18(2)32-17)22-11-10-20(13-25-22)26-24(31)27-21(19-7-4-3-5-8-19)16-28-12-6-9-23(28)30/h3-5,7-8,10-11,13,17-18,21H,6,9,12,14-16H2,1-2H3,(H2,26,27,31). The van der Waals surface area contributed by atoms with Crippen molar-refractivity contribution in [1.82, 2.24) is 15.2 Å². The summed E-state index contributed by atoms with van der Waals surface area (Å²) in [4.78, 5) is 33.4. The van der Waals surface area contributed by atoms with Crippen LogP contribution in [0.25, 0.3) is 0 Å². The molecule has 8 nitrogen and oxygen atoms in total. The summed E-state index contributed by atoms with van der Waals surface area (Å²) in [6.07, 6.45) is 3.42. The molecule has 32 heavy (non-hydrogen) atoms. The van der Waals surface area contributed by atoms with Gasteiger partial charge < -0.3 is 25.2 Å². The van der Waals surface area contributed by atoms with Gasteiger partial charge in [-0.25, -0.2) is 9.78 Å². The molecule has 0 radical (unpaired) electrons. The molecule has 8 heteroatoms. The van der Waals surface area contributed by atoms with E-state index in [2.05, 4.69) is 34.4 Å². The van der Waals surface area contributed by atoms with Gasteiger partial charge >= 0.3 is 6.03 Å². The average molecular weight is 438 g/mol. The molecule has 2 aliphatic heterocycles. The number of carbonyl (C=O) groups excluding carboxylic acids is 2. The third-order valence-electron chi connectivity index (χ3n) is 5.83. The fraction of sp³-hybridized carbons (Fsp3) is 0.458. The Morgan fingerprint density at radius 2 is 1.91 bits per heavy atom. The van der Waals surface area contributed by atoms with E-state index in [0.717, 1.165) is 37.4 Å². The van der Waals surface area contributed by atoms with Gasteiger partial charge in [0.25, 0.3) is 0 Å². The van der Waals surface area contributed by atoms with Crippen molar-refractivity contribution < 1.29 is 14.3 Å². The summed E-state index contributed by atoms with van der Waals surface area (Å²) in [6, 6.07) is 12.9. The van der Waals surface area contributed by atoms with Crippen molar-refractivity contribution in [2.24, 2.45) is 0 Å². The molecule has 1 aromatic heterocycles. The third-order valence-corrected chi connectivity index (χ3v) is 5.83. The van der Waals surface area contributed by atoms with E-state index in [4.69, 9.17) is 4.74 Å². The summed E-state index contributed by atoms with van der Waals surface area (Å²) in [6.45, 7) is 6.89. The first-order valence-electron chi connectivity index (χ1n) is 11.2. The molecule has 3 unspecified atom stereocenters. The minimum absolute atomic E-state index is 0.139. The van der Waals surface area contributed by atoms with Crippen LogP contribution < -0.4 is 15.5 Å². The predicted octanol–water partition coefficient (Wildman–Crippen LogP) is 3.18. The lowest BCUT2D eigenvalue weighted by molar-refractivity contribution is -0.128. The van der Waals surface area contributed by atoms with Gasteiger partial charge in [-0.15, -0.1) is 0 Å². The van der Waals surface area contributed by atoms with Crippen LogP contribution in [0.1, 0.15) is 38.3 Å². The van der Waals surface area contributed by atoms with Crippen LogP contribution in [-0.2, 0) is 9.53 Å². The van der Waals surface area contributed by atoms with Crippen LogP contribution in [0.4, 0.5) is 16.3 Å². The Morgan fingerprint density at radius 3 is 2.53 bits per heavy atom. The summed E-state index contributed by atoms with van der Waals surface area (Å²) in [5.74, 6) is 1.01. The maximum Gasteiger partial charge on any atom is 0.319 e. The Labute approximate surface area is 188 Å². The number of hydrogen-bond donors (Lipinski definition) is 2. The van der Waals surface area contributed by atoms with E-state index in [1.54, 1.807) is 6.20 Å². The molecule has 0 spiro atoms. The normalized spacial score (nSPS) is 22.0. The maximum atomic E-state index is 12.7. The molecule has 1 aromatic carbocycles. The summed E-state index contributed by atoms with van der Waals surface area (Å²) in [5, 5.41) is 5.89. The van der Waals surface area contributed by atoms with Gasteiger partial charge in [-0.05, 0) is 38.0 Å². The number of rotatable bonds is 6. The van der Waals surface area contributed by atoms with E-state index in [1.165, 1.54) is 0 Å². The van der Waals surface area contributed by atoms with Crippen molar-refractivity contribution in [3.63, 3.8) is 0 Å². The maximum absolute atomic E-state index is 12.7. The fourth-order valence-electron chi connectivity index (χ4n) is 4.37. The van der Waals surface area contributed by atoms with Crippen molar-refractivity contribution in [3.05, 3.63) is 54.2 Å². The molecule has 2 N–H and O–H groups in total. The summed E-state index contributed by atoms with van der Waals surface area (Å²) in [7, 11) is 0. The van der Waals surface area contributed by atoms with Crippen molar-refractivity contribution >= 4 is 23.4 Å². The van der Waals surface area contributed by atoms with Gasteiger partial charge in [0.15, 0.2) is 0 Å². The minimum atomic E-state index is -0.325. The highest BCUT2D eigenvalue weighted by Gasteiger charge is 2.26. The number of amides is 3. The number of aromatic nitrogens is 1. The molecule has 2 saturated heterocycles. The molecule has 170 valence electrons. The molecule has 3 amide bonds. The number of carbonyl (C=O) groups is 2. The van der Waals surface area contributed by atoms with E-state index >= 15 is 0 Å². The van der Waals surface area contributed by atoms with Gasteiger partial charge in [-0.1, -0.05) is 30.3 Å². The summed E-state index contributed by atoms with van der Waals surface area (Å²) in [5.41, 5.74) is 1.58. The number of urea groups is 1. The van der Waals surface area contributed by atoms with Gasteiger partial charge in [-0.3, -0.25) is 4.79 Å². The lowest BCUT2D eigenvalue weighted by Crippen LogP contribution is -2.45. The Hall–Kier alpha value is -3.13. The molecule has 2 aromatic rings. The van der Waals surface area contributed by atoms with E-state index < -0.39 is 0 Å². The highest BCUT2D eigenvalue weighted by molar-refractivity contribution is 5.89. The summed E-state index contributed by atoms with van der Waals surface area (Å²) < 4.78 is 5.78. The second kappa shape index (κ2) is 9.99. The number of hydrogen-bond acceptors (Lipinski definition) is 5. The lowest BCUT2D eigenvalue weighted by Gasteiger charge is -2.36. The molecule has 3 atom stereocenters. The van der Waals surface area contributed by atoms with Gasteiger partial charge in [0.2, 0.25) is 5.91 Å². The van der Waals surface area contributed by atoms with E-state index in [9.17, 15) is 9.59 Å². The quantitative estimate of drug-likeness (QED) is 0.725. The molecule has 2 fully saturated rings. The summed E-state index contributed by atoms with van der Waals surface area (Å²) >= 11 is 0. The molecule has 0 saturated carbocycles. The van der Waals surface area contributed by atoms with Crippen molar-refractivity contribution in [2.75, 3.05) is 36.4 Å². The number of nitrogens with one attached hydrogen (secondary N) is 2. The SMILES string of the molecule is CC1CN(c2ccc(NC(=O)NC(CN3CCCC3=O)c3ccccc3)cn2)CC(C)O1. The number of morpholine rings is 1. The number of nitrogens with zero attached hydrogens (tertiary/aromatic N) is 3. The predicted molar refractivity (Wildman–Crippen MR) is 124 cm³/mol. The van der Waals surface area contributed by atoms with Crippen molar-refractivity contribution in [1.29, 1.82) is 0 Å². The van der Waals surface area contributed by atoms with Crippen molar-refractivity contribution in [3.8, 4) is 0 Å². The monoisotopic (exact) mass is 437 g/mol. The van der Waals surface area contributed by atoms with E-state index in [0.29, 0.717) is 18.7 Å². The van der Waals surface area contributed by atoms with Gasteiger partial charge in [0, 0.05) is 32.6 Å². The van der Waals surface area contributed by atoms with Crippen LogP contribution in [0.2, 0.25) is 0 Å². The first-order valence-corrected chi connectivity index (χ1v) is 11.2. The van der Waals surface area contributed by atoms with Crippen LogP contribution in [0.15, 0.2) is 48.7 Å². The zero-order valence-electron chi connectivity index (χ0n) is 18.7. The van der Waals surface area contributed by atoms with Crippen LogP contribution in [0.5, 0.6) is 0 Å². The van der Waals surface area contributed by atoms with Gasteiger partial charge in [-0.2, -0.15) is 0 Å². The molecule has 0 aliphatic carbocycles. The molecular formula is C24H31N5O3. The molecule has 2 aliphatic rings. The van der Waals surface area contributed by atoms with E-state index in [1.807, 2.05) is 47.4 Å². The minimum Gasteiger partial charge on any atom is -0.372 e. The first kappa shape index (κ1) is 22.1. The molecule has 4 rings (SSSR count). The second-order valence-corrected chi connectivity index (χ2v) is 8.57. The third kappa shape index (κ3) is 5.56. The van der Waals surface area contributed by atoms with Gasteiger partial charge in [0.05, 0.1) is 30.1 Å². The fourth-order valence-corrected chi connectivity index (χ4v) is 4.37. The van der Waals surface area contributed by atoms with Crippen LogP contribution in [0, 0.1) is 0 Å². The first-order chi connectivity index (χ1) is 15.5. The van der Waals surface area contributed by atoms with Crippen LogP contribution in [-0.4, -0.2) is 60.2 Å².